The number of carbonyl (C=O) groups excluding carboxylic acids is 2. The molecule has 0 N–H and O–H groups in total. The highest BCUT2D eigenvalue weighted by atomic mass is 32.2. The lowest BCUT2D eigenvalue weighted by Gasteiger charge is -2.24. The second-order valence-electron chi connectivity index (χ2n) is 6.76. The van der Waals surface area contributed by atoms with Gasteiger partial charge in [-0.2, -0.15) is 0 Å². The van der Waals surface area contributed by atoms with Crippen molar-refractivity contribution in [2.24, 2.45) is 0 Å². The molecule has 0 unspecified atom stereocenters. The number of thioether (sulfide) groups is 1. The number of hydrogen-bond donors (Lipinski definition) is 0. The second kappa shape index (κ2) is 8.07. The van der Waals surface area contributed by atoms with Crippen LogP contribution in [0.3, 0.4) is 0 Å². The van der Waals surface area contributed by atoms with Crippen molar-refractivity contribution in [2.45, 2.75) is 26.7 Å². The van der Waals surface area contributed by atoms with Crippen molar-refractivity contribution in [1.29, 1.82) is 0 Å². The molecule has 0 aliphatic heterocycles. The highest BCUT2D eigenvalue weighted by Crippen LogP contribution is 2.45. The largest absolute Gasteiger partial charge is 0.422 e. The first kappa shape index (κ1) is 20.0. The summed E-state index contributed by atoms with van der Waals surface area (Å²) in [5.74, 6) is 0.0662. The van der Waals surface area contributed by atoms with Gasteiger partial charge in [-0.3, -0.25) is 0 Å². The van der Waals surface area contributed by atoms with Crippen molar-refractivity contribution >= 4 is 34.5 Å². The van der Waals surface area contributed by atoms with Crippen molar-refractivity contribution in [1.82, 2.24) is 0 Å². The van der Waals surface area contributed by atoms with Gasteiger partial charge in [0.25, 0.3) is 0 Å². The first-order chi connectivity index (χ1) is 13.3. The Morgan fingerprint density at radius 1 is 0.929 bits per heavy atom. The molecule has 0 amide bonds. The molecule has 0 aromatic heterocycles. The lowest BCUT2D eigenvalue weighted by atomic mass is 9.90. The number of benzene rings is 2. The van der Waals surface area contributed by atoms with Gasteiger partial charge in [-0.1, -0.05) is 43.5 Å². The second-order valence-corrected chi connectivity index (χ2v) is 7.69. The molecule has 1 aliphatic rings. The summed E-state index contributed by atoms with van der Waals surface area (Å²) in [6.07, 6.45) is 5.33. The topological polar surface area (TPSA) is 52.6 Å². The van der Waals surface area contributed by atoms with Gasteiger partial charge in [0.15, 0.2) is 0 Å². The Morgan fingerprint density at radius 2 is 1.43 bits per heavy atom. The van der Waals surface area contributed by atoms with Crippen LogP contribution in [0.5, 0.6) is 11.5 Å². The Labute approximate surface area is 168 Å². The minimum absolute atomic E-state index is 0.326. The van der Waals surface area contributed by atoms with Crippen molar-refractivity contribution in [3.8, 4) is 11.5 Å². The Balaban J connectivity index is 2.28. The standard InChI is InChI=1S/C23H22O4S/c1-13(2)22(24)26-20-16-8-6-7-9-17(16)21(27-23(25)14(3)4)19-12-15(28-5)10-11-18(19)20/h6-10H,1,3,11-12H2,2,4-5H3. The van der Waals surface area contributed by atoms with Gasteiger partial charge in [0.05, 0.1) is 0 Å². The van der Waals surface area contributed by atoms with E-state index in [0.29, 0.717) is 35.5 Å². The van der Waals surface area contributed by atoms with Gasteiger partial charge >= 0.3 is 11.9 Å². The molecule has 0 atom stereocenters. The molecule has 144 valence electrons. The normalized spacial score (nSPS) is 12.8. The summed E-state index contributed by atoms with van der Waals surface area (Å²) in [6.45, 7) is 10.6. The van der Waals surface area contributed by atoms with Crippen LogP contribution in [0, 0.1) is 0 Å². The predicted octanol–water partition coefficient (Wildman–Crippen LogP) is 5.15. The van der Waals surface area contributed by atoms with Crippen molar-refractivity contribution in [2.75, 3.05) is 6.26 Å². The van der Waals surface area contributed by atoms with Crippen LogP contribution >= 0.6 is 11.8 Å². The van der Waals surface area contributed by atoms with E-state index in [-0.39, 0.29) is 0 Å². The molecule has 0 fully saturated rings. The summed E-state index contributed by atoms with van der Waals surface area (Å²) in [7, 11) is 0. The van der Waals surface area contributed by atoms with Crippen LogP contribution in [-0.2, 0) is 22.4 Å². The SMILES string of the molecule is C=C(C)C(=O)Oc1c2c(c(OC(=O)C(=C)C)c3ccccc13)CC(SC)=CC2. The van der Waals surface area contributed by atoms with E-state index < -0.39 is 11.9 Å². The first-order valence-electron chi connectivity index (χ1n) is 8.88. The van der Waals surface area contributed by atoms with Gasteiger partial charge in [0, 0.05) is 39.5 Å². The van der Waals surface area contributed by atoms with E-state index in [1.807, 2.05) is 30.5 Å². The maximum absolute atomic E-state index is 12.3. The Kier molecular flexibility index (Phi) is 5.75. The lowest BCUT2D eigenvalue weighted by molar-refractivity contribution is -0.131. The fourth-order valence-electron chi connectivity index (χ4n) is 3.09. The fraction of sp³-hybridized carbons (Fsp3) is 0.217. The van der Waals surface area contributed by atoms with Crippen molar-refractivity contribution in [3.05, 3.63) is 70.7 Å². The van der Waals surface area contributed by atoms with Crippen LogP contribution in [0.25, 0.3) is 10.8 Å². The number of allylic oxidation sites excluding steroid dienone is 2. The van der Waals surface area contributed by atoms with E-state index in [0.717, 1.165) is 21.9 Å². The molecule has 0 heterocycles. The third-order valence-corrected chi connectivity index (χ3v) is 5.40. The zero-order valence-corrected chi connectivity index (χ0v) is 17.1. The van der Waals surface area contributed by atoms with Crippen LogP contribution in [0.2, 0.25) is 0 Å². The number of ether oxygens (including phenoxy) is 2. The monoisotopic (exact) mass is 394 g/mol. The van der Waals surface area contributed by atoms with Crippen LogP contribution in [0.15, 0.2) is 59.6 Å². The smallest absolute Gasteiger partial charge is 0.338 e. The number of fused-ring (bicyclic) bond motifs is 2. The molecule has 0 spiro atoms. The molecule has 3 rings (SSSR count). The number of hydrogen-bond acceptors (Lipinski definition) is 5. The highest BCUT2D eigenvalue weighted by Gasteiger charge is 2.27. The summed E-state index contributed by atoms with van der Waals surface area (Å²) in [4.78, 5) is 25.8. The average molecular weight is 394 g/mol. The van der Waals surface area contributed by atoms with E-state index in [2.05, 4.69) is 19.2 Å². The average Bonchev–Trinajstić information content (AvgIpc) is 2.69. The fourth-order valence-corrected chi connectivity index (χ4v) is 3.63. The van der Waals surface area contributed by atoms with Gasteiger partial charge < -0.3 is 9.47 Å². The molecular formula is C23H22O4S. The van der Waals surface area contributed by atoms with E-state index in [4.69, 9.17) is 9.47 Å². The molecule has 2 aromatic rings. The minimum atomic E-state index is -0.473. The maximum Gasteiger partial charge on any atom is 0.338 e. The highest BCUT2D eigenvalue weighted by molar-refractivity contribution is 8.02. The van der Waals surface area contributed by atoms with Crippen LogP contribution < -0.4 is 9.47 Å². The van der Waals surface area contributed by atoms with Gasteiger partial charge in [-0.15, -0.1) is 11.8 Å². The summed E-state index contributed by atoms with van der Waals surface area (Å²) < 4.78 is 11.5. The molecule has 0 radical (unpaired) electrons. The molecule has 0 saturated carbocycles. The van der Waals surface area contributed by atoms with Crippen molar-refractivity contribution in [3.63, 3.8) is 0 Å². The van der Waals surface area contributed by atoms with Crippen LogP contribution in [0.1, 0.15) is 25.0 Å². The summed E-state index contributed by atoms with van der Waals surface area (Å²) in [5.41, 5.74) is 2.37. The lowest BCUT2D eigenvalue weighted by Crippen LogP contribution is -2.16. The van der Waals surface area contributed by atoms with Crippen LogP contribution in [-0.4, -0.2) is 18.2 Å². The van der Waals surface area contributed by atoms with Gasteiger partial charge in [0.2, 0.25) is 0 Å². The molecule has 1 aliphatic carbocycles. The molecule has 0 bridgehead atoms. The van der Waals surface area contributed by atoms with Gasteiger partial charge in [-0.25, -0.2) is 9.59 Å². The number of esters is 2. The Hall–Kier alpha value is -2.79. The van der Waals surface area contributed by atoms with Crippen molar-refractivity contribution < 1.29 is 19.1 Å². The van der Waals surface area contributed by atoms with Crippen LogP contribution in [0.4, 0.5) is 0 Å². The minimum Gasteiger partial charge on any atom is -0.422 e. The third kappa shape index (κ3) is 3.76. The molecule has 2 aromatic carbocycles. The molecule has 0 saturated heterocycles. The predicted molar refractivity (Wildman–Crippen MR) is 114 cm³/mol. The Bertz CT molecular complexity index is 1050. The third-order valence-electron chi connectivity index (χ3n) is 4.56. The molecule has 4 nitrogen and oxygen atoms in total. The van der Waals surface area contributed by atoms with Gasteiger partial charge in [0.1, 0.15) is 11.5 Å². The van der Waals surface area contributed by atoms with E-state index in [1.165, 1.54) is 4.91 Å². The number of carbonyl (C=O) groups is 2. The zero-order chi connectivity index (χ0) is 20.4. The van der Waals surface area contributed by atoms with E-state index >= 15 is 0 Å². The summed E-state index contributed by atoms with van der Waals surface area (Å²) >= 11 is 1.65. The maximum atomic E-state index is 12.3. The molecular weight excluding hydrogens is 372 g/mol. The zero-order valence-electron chi connectivity index (χ0n) is 16.3. The quantitative estimate of drug-likeness (QED) is 0.399. The Morgan fingerprint density at radius 3 is 1.89 bits per heavy atom. The number of rotatable bonds is 5. The molecule has 28 heavy (non-hydrogen) atoms. The first-order valence-corrected chi connectivity index (χ1v) is 10.1. The van der Waals surface area contributed by atoms with E-state index in [9.17, 15) is 9.59 Å². The molecule has 5 heteroatoms. The summed E-state index contributed by atoms with van der Waals surface area (Å²) in [6, 6.07) is 7.46. The summed E-state index contributed by atoms with van der Waals surface area (Å²) in [5, 5.41) is 1.45. The van der Waals surface area contributed by atoms with E-state index in [1.54, 1.807) is 25.6 Å². The van der Waals surface area contributed by atoms with Gasteiger partial charge in [-0.05, 0) is 31.4 Å².